The van der Waals surface area contributed by atoms with Crippen LogP contribution < -0.4 is 9.64 Å². The minimum absolute atomic E-state index is 0.0150. The lowest BCUT2D eigenvalue weighted by molar-refractivity contribution is -0.134. The van der Waals surface area contributed by atoms with Crippen LogP contribution in [0.2, 0.25) is 5.02 Å². The van der Waals surface area contributed by atoms with Crippen LogP contribution in [0, 0.1) is 12.7 Å². The molecule has 4 heterocycles. The number of rotatable bonds is 5. The van der Waals surface area contributed by atoms with Crippen LogP contribution in [0.25, 0.3) is 22.6 Å². The molecule has 1 N–H and O–H groups in total. The van der Waals surface area contributed by atoms with Crippen molar-refractivity contribution in [2.45, 2.75) is 26.4 Å². The van der Waals surface area contributed by atoms with Crippen LogP contribution in [0.4, 0.5) is 10.1 Å². The number of aromatic amines is 1. The topological polar surface area (TPSA) is 105 Å². The fraction of sp³-hybridized carbons (Fsp3) is 0.348. The molecule has 0 radical (unpaired) electrons. The summed E-state index contributed by atoms with van der Waals surface area (Å²) >= 11 is 6.04. The highest BCUT2D eigenvalue weighted by Crippen LogP contribution is 2.33. The normalized spacial score (nSPS) is 16.2. The number of amides is 1. The molecule has 182 valence electrons. The van der Waals surface area contributed by atoms with Crippen molar-refractivity contribution in [3.63, 3.8) is 0 Å². The molecule has 1 aromatic carbocycles. The number of carbonyl (C=O) groups excluding carboxylic acids is 1. The van der Waals surface area contributed by atoms with E-state index in [1.54, 1.807) is 28.0 Å². The average molecular weight is 499 g/mol. The number of anilines is 1. The second kappa shape index (κ2) is 9.14. The Morgan fingerprint density at radius 2 is 2.11 bits per heavy atom. The monoisotopic (exact) mass is 498 g/mol. The second-order valence-electron chi connectivity index (χ2n) is 8.42. The van der Waals surface area contributed by atoms with Crippen molar-refractivity contribution >= 4 is 34.2 Å². The van der Waals surface area contributed by atoms with E-state index in [9.17, 15) is 9.18 Å². The molecule has 1 aliphatic rings. The van der Waals surface area contributed by atoms with Gasteiger partial charge in [0.25, 0.3) is 0 Å². The van der Waals surface area contributed by atoms with Gasteiger partial charge >= 0.3 is 0 Å². The van der Waals surface area contributed by atoms with Gasteiger partial charge in [-0.1, -0.05) is 11.6 Å². The highest BCUT2D eigenvalue weighted by atomic mass is 35.5. The zero-order chi connectivity index (χ0) is 24.7. The fourth-order valence-electron chi connectivity index (χ4n) is 4.51. The number of hydrogen-bond acceptors (Lipinski definition) is 7. The molecular weight excluding hydrogens is 475 g/mol. The Balaban J connectivity index is 1.36. The van der Waals surface area contributed by atoms with E-state index in [0.717, 1.165) is 11.1 Å². The van der Waals surface area contributed by atoms with Crippen molar-refractivity contribution in [3.8, 4) is 17.3 Å². The van der Waals surface area contributed by atoms with E-state index in [1.807, 2.05) is 18.7 Å². The van der Waals surface area contributed by atoms with E-state index >= 15 is 0 Å². The molecule has 35 heavy (non-hydrogen) atoms. The SMILES string of the molecule is COc1cc(N2CCN(C(=O)Cn3nc(-c4ncc[nH]4)c4c(C)ncnc43)[C@@H](C)C2)c(F)cc1Cl. The molecule has 5 rings (SSSR count). The van der Waals surface area contributed by atoms with Crippen LogP contribution in [0.5, 0.6) is 5.75 Å². The molecule has 3 aromatic heterocycles. The van der Waals surface area contributed by atoms with Crippen molar-refractivity contribution in [1.82, 2.24) is 34.6 Å². The van der Waals surface area contributed by atoms with Crippen molar-refractivity contribution < 1.29 is 13.9 Å². The summed E-state index contributed by atoms with van der Waals surface area (Å²) in [5, 5.41) is 5.61. The largest absolute Gasteiger partial charge is 0.495 e. The van der Waals surface area contributed by atoms with E-state index in [4.69, 9.17) is 16.3 Å². The number of aromatic nitrogens is 6. The first kappa shape index (κ1) is 23.0. The Morgan fingerprint density at radius 3 is 2.83 bits per heavy atom. The van der Waals surface area contributed by atoms with Gasteiger partial charge in [0.2, 0.25) is 5.91 Å². The molecule has 1 fully saturated rings. The van der Waals surface area contributed by atoms with Crippen molar-refractivity contribution in [1.29, 1.82) is 0 Å². The number of benzene rings is 1. The van der Waals surface area contributed by atoms with Crippen LogP contribution in [-0.4, -0.2) is 73.3 Å². The third-order valence-electron chi connectivity index (χ3n) is 6.24. The van der Waals surface area contributed by atoms with Crippen LogP contribution in [0.1, 0.15) is 12.6 Å². The van der Waals surface area contributed by atoms with Gasteiger partial charge in [0.15, 0.2) is 11.5 Å². The summed E-state index contributed by atoms with van der Waals surface area (Å²) in [5.41, 5.74) is 2.32. The number of H-pyrrole nitrogens is 1. The Morgan fingerprint density at radius 1 is 1.29 bits per heavy atom. The quantitative estimate of drug-likeness (QED) is 0.451. The van der Waals surface area contributed by atoms with Crippen LogP contribution in [0.3, 0.4) is 0 Å². The maximum absolute atomic E-state index is 14.6. The van der Waals surface area contributed by atoms with Crippen LogP contribution in [0.15, 0.2) is 30.9 Å². The van der Waals surface area contributed by atoms with Crippen LogP contribution in [-0.2, 0) is 11.3 Å². The molecule has 1 aliphatic heterocycles. The van der Waals surface area contributed by atoms with Gasteiger partial charge in [-0.2, -0.15) is 5.10 Å². The zero-order valence-corrected chi connectivity index (χ0v) is 20.3. The molecule has 0 aliphatic carbocycles. The number of carbonyl (C=O) groups is 1. The molecule has 1 amide bonds. The average Bonchev–Trinajstić information content (AvgIpc) is 3.48. The number of nitrogens with one attached hydrogen (secondary N) is 1. The number of ether oxygens (including phenoxy) is 1. The first-order valence-corrected chi connectivity index (χ1v) is 11.5. The number of imidazole rings is 1. The number of piperazine rings is 1. The summed E-state index contributed by atoms with van der Waals surface area (Å²) in [6.45, 7) is 5.19. The third kappa shape index (κ3) is 4.16. The maximum atomic E-state index is 14.6. The van der Waals surface area contributed by atoms with Crippen LogP contribution >= 0.6 is 11.6 Å². The number of hydrogen-bond donors (Lipinski definition) is 1. The number of fused-ring (bicyclic) bond motifs is 1. The molecule has 0 saturated carbocycles. The number of aryl methyl sites for hydroxylation is 1. The molecule has 10 nitrogen and oxygen atoms in total. The van der Waals surface area contributed by atoms with E-state index in [2.05, 4.69) is 25.0 Å². The predicted molar refractivity (Wildman–Crippen MR) is 129 cm³/mol. The highest BCUT2D eigenvalue weighted by Gasteiger charge is 2.30. The molecular formula is C23H24ClFN8O2. The first-order chi connectivity index (χ1) is 16.9. The standard InChI is InChI=1S/C23H24ClFN8O2/c1-13-10-31(17-9-18(35-3)15(24)8-16(17)25)6-7-32(13)19(34)11-33-23-20(14(2)28-12-29-23)21(30-33)22-26-4-5-27-22/h4-5,8-9,12-13H,6-7,10-11H2,1-3H3,(H,26,27)/t13-/m0/s1. The lowest BCUT2D eigenvalue weighted by Gasteiger charge is -2.41. The first-order valence-electron chi connectivity index (χ1n) is 11.1. The summed E-state index contributed by atoms with van der Waals surface area (Å²) < 4.78 is 21.5. The Labute approximate surface area is 205 Å². The smallest absolute Gasteiger partial charge is 0.244 e. The fourth-order valence-corrected chi connectivity index (χ4v) is 4.73. The van der Waals surface area contributed by atoms with E-state index < -0.39 is 5.82 Å². The summed E-state index contributed by atoms with van der Waals surface area (Å²) in [7, 11) is 1.49. The Kier molecular flexibility index (Phi) is 6.01. The van der Waals surface area contributed by atoms with E-state index in [-0.39, 0.29) is 23.5 Å². The van der Waals surface area contributed by atoms with Crippen molar-refractivity contribution in [3.05, 3.63) is 47.4 Å². The second-order valence-corrected chi connectivity index (χ2v) is 8.83. The molecule has 0 unspecified atom stereocenters. The molecule has 1 saturated heterocycles. The molecule has 12 heteroatoms. The minimum atomic E-state index is -0.425. The predicted octanol–water partition coefficient (Wildman–Crippen LogP) is 3.06. The summed E-state index contributed by atoms with van der Waals surface area (Å²) in [4.78, 5) is 33.0. The van der Waals surface area contributed by atoms with Crippen molar-refractivity contribution in [2.24, 2.45) is 0 Å². The Bertz CT molecular complexity index is 1390. The van der Waals surface area contributed by atoms with E-state index in [1.165, 1.54) is 19.5 Å². The van der Waals surface area contributed by atoms with Gasteiger partial charge in [-0.15, -0.1) is 0 Å². The number of nitrogens with zero attached hydrogens (tertiary/aromatic N) is 7. The lowest BCUT2D eigenvalue weighted by Crippen LogP contribution is -2.55. The van der Waals surface area contributed by atoms with Crippen molar-refractivity contribution in [2.75, 3.05) is 31.6 Å². The summed E-state index contributed by atoms with van der Waals surface area (Å²) in [5.74, 6) is 0.468. The van der Waals surface area contributed by atoms with Gasteiger partial charge in [0.1, 0.15) is 30.1 Å². The summed E-state index contributed by atoms with van der Waals surface area (Å²) in [6, 6.07) is 2.69. The molecule has 0 spiro atoms. The molecule has 1 atom stereocenters. The highest BCUT2D eigenvalue weighted by molar-refractivity contribution is 6.32. The van der Waals surface area contributed by atoms with Gasteiger partial charge in [-0.05, 0) is 19.9 Å². The summed E-state index contributed by atoms with van der Waals surface area (Å²) in [6.07, 6.45) is 4.82. The number of methoxy groups -OCH3 is 1. The molecule has 0 bridgehead atoms. The van der Waals surface area contributed by atoms with Gasteiger partial charge in [0, 0.05) is 44.1 Å². The van der Waals surface area contributed by atoms with Gasteiger partial charge < -0.3 is 19.5 Å². The third-order valence-corrected chi connectivity index (χ3v) is 6.53. The zero-order valence-electron chi connectivity index (χ0n) is 19.5. The lowest BCUT2D eigenvalue weighted by atomic mass is 10.1. The number of halogens is 2. The van der Waals surface area contributed by atoms with Gasteiger partial charge in [-0.25, -0.2) is 24.0 Å². The van der Waals surface area contributed by atoms with Gasteiger partial charge in [-0.3, -0.25) is 4.79 Å². The van der Waals surface area contributed by atoms with Gasteiger partial charge in [0.05, 0.1) is 28.9 Å². The minimum Gasteiger partial charge on any atom is -0.495 e. The molecule has 4 aromatic rings. The van der Waals surface area contributed by atoms with E-state index in [0.29, 0.717) is 48.2 Å². The maximum Gasteiger partial charge on any atom is 0.244 e. The Hall–Kier alpha value is -3.73.